The lowest BCUT2D eigenvalue weighted by Gasteiger charge is -2.25. The van der Waals surface area contributed by atoms with Crippen LogP contribution in [-0.2, 0) is 22.6 Å². The SMILES string of the molecule is CC1=Cc2c(I)nn(CC(=O)OC(C)(C)C)c2CN1C. The zero-order chi connectivity index (χ0) is 15.1. The Hall–Kier alpha value is -1.05. The van der Waals surface area contributed by atoms with Crippen LogP contribution >= 0.6 is 22.6 Å². The molecule has 0 aliphatic carbocycles. The Labute approximate surface area is 133 Å². The van der Waals surface area contributed by atoms with Gasteiger partial charge in [0.2, 0.25) is 0 Å². The number of carbonyl (C=O) groups is 1. The predicted octanol–water partition coefficient (Wildman–Crippen LogP) is 2.64. The number of halogens is 1. The van der Waals surface area contributed by atoms with Crippen LogP contribution in [0.4, 0.5) is 0 Å². The molecule has 0 atom stereocenters. The second kappa shape index (κ2) is 5.38. The maximum absolute atomic E-state index is 12.0. The van der Waals surface area contributed by atoms with E-state index in [0.29, 0.717) is 0 Å². The van der Waals surface area contributed by atoms with E-state index >= 15 is 0 Å². The Morgan fingerprint density at radius 3 is 2.75 bits per heavy atom. The van der Waals surface area contributed by atoms with E-state index in [-0.39, 0.29) is 12.5 Å². The van der Waals surface area contributed by atoms with Crippen molar-refractivity contribution in [1.29, 1.82) is 0 Å². The van der Waals surface area contributed by atoms with Crippen molar-refractivity contribution >= 4 is 34.6 Å². The predicted molar refractivity (Wildman–Crippen MR) is 85.9 cm³/mol. The van der Waals surface area contributed by atoms with Gasteiger partial charge in [-0.15, -0.1) is 0 Å². The van der Waals surface area contributed by atoms with E-state index in [2.05, 4.69) is 45.6 Å². The summed E-state index contributed by atoms with van der Waals surface area (Å²) < 4.78 is 8.04. The van der Waals surface area contributed by atoms with Gasteiger partial charge in [-0.3, -0.25) is 9.48 Å². The molecule has 1 aliphatic heterocycles. The van der Waals surface area contributed by atoms with E-state index in [0.717, 1.165) is 21.5 Å². The summed E-state index contributed by atoms with van der Waals surface area (Å²) in [6.45, 7) is 8.59. The van der Waals surface area contributed by atoms with Gasteiger partial charge in [0.05, 0.1) is 12.2 Å². The highest BCUT2D eigenvalue weighted by Gasteiger charge is 2.23. The number of esters is 1. The van der Waals surface area contributed by atoms with Gasteiger partial charge >= 0.3 is 5.97 Å². The van der Waals surface area contributed by atoms with E-state index in [1.165, 1.54) is 5.70 Å². The Balaban J connectivity index is 2.24. The van der Waals surface area contributed by atoms with Crippen LogP contribution in [0.1, 0.15) is 39.0 Å². The number of aromatic nitrogens is 2. The van der Waals surface area contributed by atoms with Crippen molar-refractivity contribution in [3.63, 3.8) is 0 Å². The summed E-state index contributed by atoms with van der Waals surface area (Å²) in [4.78, 5) is 14.1. The minimum atomic E-state index is -0.468. The summed E-state index contributed by atoms with van der Waals surface area (Å²) in [5.41, 5.74) is 2.91. The minimum Gasteiger partial charge on any atom is -0.459 e. The van der Waals surface area contributed by atoms with Crippen molar-refractivity contribution in [1.82, 2.24) is 14.7 Å². The molecule has 6 heteroatoms. The number of carbonyl (C=O) groups excluding carboxylic acids is 1. The first-order valence-electron chi connectivity index (χ1n) is 6.54. The van der Waals surface area contributed by atoms with Crippen molar-refractivity contribution < 1.29 is 9.53 Å². The van der Waals surface area contributed by atoms with Gasteiger partial charge < -0.3 is 9.64 Å². The number of nitrogens with zero attached hydrogens (tertiary/aromatic N) is 3. The van der Waals surface area contributed by atoms with Crippen LogP contribution in [0.15, 0.2) is 5.70 Å². The number of allylic oxidation sites excluding steroid dienone is 1. The second-order valence-electron chi connectivity index (χ2n) is 6.04. The maximum atomic E-state index is 12.0. The van der Waals surface area contributed by atoms with E-state index in [9.17, 15) is 4.79 Å². The van der Waals surface area contributed by atoms with Gasteiger partial charge in [0.25, 0.3) is 0 Å². The molecule has 0 aromatic carbocycles. The number of hydrogen-bond acceptors (Lipinski definition) is 4. The number of rotatable bonds is 2. The van der Waals surface area contributed by atoms with E-state index in [1.807, 2.05) is 27.8 Å². The van der Waals surface area contributed by atoms with Gasteiger partial charge in [-0.1, -0.05) is 0 Å². The molecule has 2 heterocycles. The van der Waals surface area contributed by atoms with Gasteiger partial charge in [0, 0.05) is 18.3 Å². The number of ether oxygens (including phenoxy) is 1. The normalized spacial score (nSPS) is 14.9. The standard InChI is InChI=1S/C14H20IN3O2/c1-9-6-10-11(7-17(9)5)18(16-13(10)15)8-12(19)20-14(2,3)4/h6H,7-8H2,1-5H3. The molecule has 0 amide bonds. The Bertz CT molecular complexity index is 570. The summed E-state index contributed by atoms with van der Waals surface area (Å²) in [5, 5.41) is 4.46. The van der Waals surface area contributed by atoms with Crippen LogP contribution in [-0.4, -0.2) is 33.3 Å². The fraction of sp³-hybridized carbons (Fsp3) is 0.571. The van der Waals surface area contributed by atoms with Crippen molar-refractivity contribution in [2.75, 3.05) is 7.05 Å². The maximum Gasteiger partial charge on any atom is 0.328 e. The van der Waals surface area contributed by atoms with Crippen LogP contribution in [0.25, 0.3) is 6.08 Å². The van der Waals surface area contributed by atoms with Crippen molar-refractivity contribution in [2.24, 2.45) is 0 Å². The largest absolute Gasteiger partial charge is 0.459 e. The van der Waals surface area contributed by atoms with Gasteiger partial charge in [-0.05, 0) is 56.4 Å². The first-order chi connectivity index (χ1) is 9.17. The fourth-order valence-electron chi connectivity index (χ4n) is 2.08. The molecule has 1 aliphatic rings. The first kappa shape index (κ1) is 15.3. The van der Waals surface area contributed by atoms with Crippen LogP contribution in [0.3, 0.4) is 0 Å². The van der Waals surface area contributed by atoms with Gasteiger partial charge in [0.1, 0.15) is 15.8 Å². The van der Waals surface area contributed by atoms with Crippen molar-refractivity contribution in [3.8, 4) is 0 Å². The van der Waals surface area contributed by atoms with Gasteiger partial charge in [0.15, 0.2) is 0 Å². The van der Waals surface area contributed by atoms with Gasteiger partial charge in [-0.25, -0.2) is 0 Å². The molecule has 2 rings (SSSR count). The third-order valence-corrected chi connectivity index (χ3v) is 3.89. The topological polar surface area (TPSA) is 47.4 Å². The lowest BCUT2D eigenvalue weighted by atomic mass is 10.1. The molecule has 0 unspecified atom stereocenters. The minimum absolute atomic E-state index is 0.156. The van der Waals surface area contributed by atoms with Crippen molar-refractivity contribution in [2.45, 2.75) is 46.4 Å². The first-order valence-corrected chi connectivity index (χ1v) is 7.62. The molecule has 0 saturated carbocycles. The fourth-order valence-corrected chi connectivity index (χ4v) is 2.81. The second-order valence-corrected chi connectivity index (χ2v) is 7.06. The van der Waals surface area contributed by atoms with Crippen molar-refractivity contribution in [3.05, 3.63) is 20.7 Å². The summed E-state index contributed by atoms with van der Waals surface area (Å²) >= 11 is 2.21. The lowest BCUT2D eigenvalue weighted by Crippen LogP contribution is -2.28. The van der Waals surface area contributed by atoms with E-state index < -0.39 is 5.60 Å². The zero-order valence-electron chi connectivity index (χ0n) is 12.5. The molecule has 1 aromatic rings. The molecular formula is C14H20IN3O2. The molecule has 0 bridgehead atoms. The average Bonchev–Trinajstić information content (AvgIpc) is 2.54. The van der Waals surface area contributed by atoms with E-state index in [1.54, 1.807) is 4.68 Å². The molecule has 0 N–H and O–H groups in total. The van der Waals surface area contributed by atoms with Crippen LogP contribution in [0.2, 0.25) is 0 Å². The molecule has 0 saturated heterocycles. The van der Waals surface area contributed by atoms with Crippen LogP contribution in [0, 0.1) is 3.70 Å². The molecule has 1 aromatic heterocycles. The molecule has 110 valence electrons. The number of fused-ring (bicyclic) bond motifs is 1. The Morgan fingerprint density at radius 2 is 2.15 bits per heavy atom. The average molecular weight is 389 g/mol. The highest BCUT2D eigenvalue weighted by molar-refractivity contribution is 14.1. The Morgan fingerprint density at radius 1 is 1.50 bits per heavy atom. The molecule has 5 nitrogen and oxygen atoms in total. The quantitative estimate of drug-likeness (QED) is 0.577. The molecular weight excluding hydrogens is 369 g/mol. The summed E-state index contributed by atoms with van der Waals surface area (Å²) in [6, 6.07) is 0. The third kappa shape index (κ3) is 3.34. The lowest BCUT2D eigenvalue weighted by molar-refractivity contribution is -0.155. The van der Waals surface area contributed by atoms with Crippen LogP contribution in [0.5, 0.6) is 0 Å². The molecule has 0 fully saturated rings. The summed E-state index contributed by atoms with van der Waals surface area (Å²) in [7, 11) is 2.03. The summed E-state index contributed by atoms with van der Waals surface area (Å²) in [5.74, 6) is -0.256. The summed E-state index contributed by atoms with van der Waals surface area (Å²) in [6.07, 6.45) is 2.11. The van der Waals surface area contributed by atoms with E-state index in [4.69, 9.17) is 4.74 Å². The zero-order valence-corrected chi connectivity index (χ0v) is 14.7. The Kier molecular flexibility index (Phi) is 4.13. The molecule has 0 radical (unpaired) electrons. The highest BCUT2D eigenvalue weighted by atomic mass is 127. The van der Waals surface area contributed by atoms with Gasteiger partial charge in [-0.2, -0.15) is 5.10 Å². The number of hydrogen-bond donors (Lipinski definition) is 0. The monoisotopic (exact) mass is 389 g/mol. The molecule has 20 heavy (non-hydrogen) atoms. The third-order valence-electron chi connectivity index (χ3n) is 3.09. The highest BCUT2D eigenvalue weighted by Crippen LogP contribution is 2.27. The van der Waals surface area contributed by atoms with Crippen LogP contribution < -0.4 is 0 Å². The smallest absolute Gasteiger partial charge is 0.328 e. The molecule has 0 spiro atoms.